The quantitative estimate of drug-likeness (QED) is 0.780. The molecule has 0 radical (unpaired) electrons. The lowest BCUT2D eigenvalue weighted by Gasteiger charge is -2.13. The smallest absolute Gasteiger partial charge is 0.233 e. The lowest BCUT2D eigenvalue weighted by Crippen LogP contribution is -2.32. The molecule has 0 aromatic carbocycles. The van der Waals surface area contributed by atoms with Gasteiger partial charge in [-0.2, -0.15) is 5.10 Å². The highest BCUT2D eigenvalue weighted by Crippen LogP contribution is 2.29. The highest BCUT2D eigenvalue weighted by Gasteiger charge is 2.26. The molecule has 2 aliphatic rings. The number of ether oxygens (including phenoxy) is 1. The number of likely N-dealkylation sites (N-methyl/N-ethyl adjacent to an activating group) is 1. The average molecular weight is 264 g/mol. The van der Waals surface area contributed by atoms with E-state index in [0.717, 1.165) is 37.0 Å². The molecular weight excluding hydrogens is 244 g/mol. The van der Waals surface area contributed by atoms with Gasteiger partial charge in [-0.1, -0.05) is 0 Å². The molecule has 0 atom stereocenters. The van der Waals surface area contributed by atoms with E-state index < -0.39 is 0 Å². The molecule has 1 aromatic rings. The van der Waals surface area contributed by atoms with E-state index in [9.17, 15) is 4.79 Å². The summed E-state index contributed by atoms with van der Waals surface area (Å²) in [6, 6.07) is 0. The Morgan fingerprint density at radius 3 is 3.11 bits per heavy atom. The van der Waals surface area contributed by atoms with Gasteiger partial charge in [-0.05, 0) is 18.8 Å². The van der Waals surface area contributed by atoms with Crippen LogP contribution in [0.15, 0.2) is 0 Å². The molecule has 1 amide bonds. The summed E-state index contributed by atoms with van der Waals surface area (Å²) in [5.74, 6) is 0.821. The van der Waals surface area contributed by atoms with Gasteiger partial charge < -0.3 is 10.1 Å². The van der Waals surface area contributed by atoms with Crippen molar-refractivity contribution >= 4 is 5.91 Å². The Balaban J connectivity index is 1.54. The van der Waals surface area contributed by atoms with Crippen LogP contribution in [0, 0.1) is 5.92 Å². The number of fused-ring (bicyclic) bond motifs is 1. The third-order valence-corrected chi connectivity index (χ3v) is 3.74. The first kappa shape index (κ1) is 12.6. The number of hydrogen-bond donors (Lipinski definition) is 2. The number of carbonyl (C=O) groups is 1. The summed E-state index contributed by atoms with van der Waals surface area (Å²) in [6.45, 7) is 3.40. The monoisotopic (exact) mass is 264 g/mol. The Bertz CT molecular complexity index is 467. The van der Waals surface area contributed by atoms with E-state index in [1.807, 2.05) is 0 Å². The van der Waals surface area contributed by atoms with Crippen molar-refractivity contribution in [2.45, 2.75) is 32.5 Å². The predicted octanol–water partition coefficient (Wildman–Crippen LogP) is 0.398. The van der Waals surface area contributed by atoms with Gasteiger partial charge in [0.15, 0.2) is 0 Å². The van der Waals surface area contributed by atoms with Gasteiger partial charge in [-0.3, -0.25) is 14.8 Å². The molecular formula is C13H20N4O2. The zero-order valence-corrected chi connectivity index (χ0v) is 11.2. The Morgan fingerprint density at radius 1 is 1.53 bits per heavy atom. The average Bonchev–Trinajstić information content (AvgIpc) is 3.03. The summed E-state index contributed by atoms with van der Waals surface area (Å²) in [7, 11) is 1.66. The summed E-state index contributed by atoms with van der Waals surface area (Å²) in [5, 5.41) is 10.0. The van der Waals surface area contributed by atoms with Crippen molar-refractivity contribution in [3.63, 3.8) is 0 Å². The topological polar surface area (TPSA) is 70.2 Å². The third-order valence-electron chi connectivity index (χ3n) is 3.74. The fourth-order valence-corrected chi connectivity index (χ4v) is 2.38. The lowest BCUT2D eigenvalue weighted by molar-refractivity contribution is -0.121. The second-order valence-electron chi connectivity index (χ2n) is 5.40. The molecule has 104 valence electrons. The van der Waals surface area contributed by atoms with Crippen molar-refractivity contribution in [1.82, 2.24) is 20.4 Å². The SMILES string of the molecule is CNC(=O)CN1Cc2[nH]nc(COCC3CC3)c2C1. The van der Waals surface area contributed by atoms with E-state index >= 15 is 0 Å². The Kier molecular flexibility index (Phi) is 3.52. The molecule has 1 fully saturated rings. The van der Waals surface area contributed by atoms with Crippen LogP contribution in [0.1, 0.15) is 29.8 Å². The molecule has 6 heteroatoms. The molecule has 2 N–H and O–H groups in total. The van der Waals surface area contributed by atoms with Crippen LogP contribution in [0.3, 0.4) is 0 Å². The van der Waals surface area contributed by atoms with Crippen molar-refractivity contribution in [2.24, 2.45) is 5.92 Å². The third kappa shape index (κ3) is 2.96. The number of carbonyl (C=O) groups excluding carboxylic acids is 1. The van der Waals surface area contributed by atoms with Crippen molar-refractivity contribution in [3.8, 4) is 0 Å². The van der Waals surface area contributed by atoms with Gasteiger partial charge in [0.05, 0.1) is 24.5 Å². The molecule has 2 heterocycles. The van der Waals surface area contributed by atoms with Gasteiger partial charge in [0, 0.05) is 32.3 Å². The second kappa shape index (κ2) is 5.30. The number of H-pyrrole nitrogens is 1. The van der Waals surface area contributed by atoms with Crippen molar-refractivity contribution in [3.05, 3.63) is 17.0 Å². The summed E-state index contributed by atoms with van der Waals surface area (Å²) < 4.78 is 5.68. The van der Waals surface area contributed by atoms with Gasteiger partial charge in [0.1, 0.15) is 0 Å². The normalized spacial score (nSPS) is 18.6. The van der Waals surface area contributed by atoms with Gasteiger partial charge >= 0.3 is 0 Å². The van der Waals surface area contributed by atoms with Crippen LogP contribution in [0.4, 0.5) is 0 Å². The number of aromatic nitrogens is 2. The van der Waals surface area contributed by atoms with E-state index in [2.05, 4.69) is 20.4 Å². The van der Waals surface area contributed by atoms with Gasteiger partial charge in [0.2, 0.25) is 5.91 Å². The first-order valence-corrected chi connectivity index (χ1v) is 6.82. The van der Waals surface area contributed by atoms with E-state index in [1.165, 1.54) is 18.4 Å². The summed E-state index contributed by atoms with van der Waals surface area (Å²) >= 11 is 0. The fraction of sp³-hybridized carbons (Fsp3) is 0.692. The number of amides is 1. The maximum Gasteiger partial charge on any atom is 0.233 e. The van der Waals surface area contributed by atoms with Crippen LogP contribution in [0.5, 0.6) is 0 Å². The first-order chi connectivity index (χ1) is 9.26. The number of hydrogen-bond acceptors (Lipinski definition) is 4. The van der Waals surface area contributed by atoms with Crippen molar-refractivity contribution in [1.29, 1.82) is 0 Å². The maximum absolute atomic E-state index is 11.4. The van der Waals surface area contributed by atoms with Crippen molar-refractivity contribution in [2.75, 3.05) is 20.2 Å². The molecule has 1 saturated carbocycles. The Labute approximate surface area is 112 Å². The van der Waals surface area contributed by atoms with Gasteiger partial charge in [-0.25, -0.2) is 0 Å². The van der Waals surface area contributed by atoms with Crippen LogP contribution in [-0.2, 0) is 29.2 Å². The molecule has 1 aliphatic carbocycles. The van der Waals surface area contributed by atoms with Crippen LogP contribution in [0.25, 0.3) is 0 Å². The number of nitrogens with zero attached hydrogens (tertiary/aromatic N) is 2. The number of nitrogens with one attached hydrogen (secondary N) is 2. The molecule has 0 unspecified atom stereocenters. The highest BCUT2D eigenvalue weighted by atomic mass is 16.5. The van der Waals surface area contributed by atoms with Crippen molar-refractivity contribution < 1.29 is 9.53 Å². The molecule has 3 rings (SSSR count). The minimum Gasteiger partial charge on any atom is -0.375 e. The predicted molar refractivity (Wildman–Crippen MR) is 69.1 cm³/mol. The van der Waals surface area contributed by atoms with Gasteiger partial charge in [0.25, 0.3) is 0 Å². The molecule has 0 bridgehead atoms. The highest BCUT2D eigenvalue weighted by molar-refractivity contribution is 5.77. The first-order valence-electron chi connectivity index (χ1n) is 6.82. The molecule has 19 heavy (non-hydrogen) atoms. The Hall–Kier alpha value is -1.40. The molecule has 0 spiro atoms. The second-order valence-corrected chi connectivity index (χ2v) is 5.40. The fourth-order valence-electron chi connectivity index (χ4n) is 2.38. The number of rotatable bonds is 6. The van der Waals surface area contributed by atoms with E-state index in [1.54, 1.807) is 7.05 Å². The maximum atomic E-state index is 11.4. The number of aromatic amines is 1. The molecule has 6 nitrogen and oxygen atoms in total. The van der Waals surface area contributed by atoms with Crippen LogP contribution >= 0.6 is 0 Å². The standard InChI is InChI=1S/C13H20N4O2/c1-14-13(18)6-17-4-10-11(5-17)15-16-12(10)8-19-7-9-2-3-9/h9H,2-8H2,1H3,(H,14,18)(H,15,16). The minimum absolute atomic E-state index is 0.0460. The molecule has 0 saturated heterocycles. The lowest BCUT2D eigenvalue weighted by atomic mass is 10.2. The summed E-state index contributed by atoms with van der Waals surface area (Å²) in [4.78, 5) is 13.5. The summed E-state index contributed by atoms with van der Waals surface area (Å²) in [6.07, 6.45) is 2.61. The van der Waals surface area contributed by atoms with E-state index in [0.29, 0.717) is 13.2 Å². The molecule has 1 aliphatic heterocycles. The minimum atomic E-state index is 0.0460. The Morgan fingerprint density at radius 2 is 2.37 bits per heavy atom. The van der Waals surface area contributed by atoms with Crippen LogP contribution < -0.4 is 5.32 Å². The van der Waals surface area contributed by atoms with Gasteiger partial charge in [-0.15, -0.1) is 0 Å². The summed E-state index contributed by atoms with van der Waals surface area (Å²) in [5.41, 5.74) is 3.32. The van der Waals surface area contributed by atoms with Crippen LogP contribution in [0.2, 0.25) is 0 Å². The zero-order chi connectivity index (χ0) is 13.2. The molecule has 1 aromatic heterocycles. The van der Waals surface area contributed by atoms with Crippen LogP contribution in [-0.4, -0.2) is 41.2 Å². The van der Waals surface area contributed by atoms with E-state index in [4.69, 9.17) is 4.74 Å². The largest absolute Gasteiger partial charge is 0.375 e. The zero-order valence-electron chi connectivity index (χ0n) is 11.2. The van der Waals surface area contributed by atoms with E-state index in [-0.39, 0.29) is 5.91 Å².